The zero-order chi connectivity index (χ0) is 18.8. The summed E-state index contributed by atoms with van der Waals surface area (Å²) in [6.45, 7) is 5.05. The summed E-state index contributed by atoms with van der Waals surface area (Å²) in [5.41, 5.74) is 0. The van der Waals surface area contributed by atoms with Crippen molar-refractivity contribution in [1.29, 1.82) is 0 Å². The first-order valence-electron chi connectivity index (χ1n) is 9.71. The summed E-state index contributed by atoms with van der Waals surface area (Å²) in [7, 11) is 0. The van der Waals surface area contributed by atoms with Crippen LogP contribution in [0.25, 0.3) is 0 Å². The minimum Gasteiger partial charge on any atom is -0.463 e. The van der Waals surface area contributed by atoms with Crippen molar-refractivity contribution in [3.63, 3.8) is 0 Å². The lowest BCUT2D eigenvalue weighted by atomic mass is 10.0. The van der Waals surface area contributed by atoms with Crippen molar-refractivity contribution in [1.82, 2.24) is 0 Å². The Bertz CT molecular complexity index is 369. The molecule has 4 nitrogen and oxygen atoms in total. The van der Waals surface area contributed by atoms with Crippen LogP contribution in [-0.2, 0) is 19.1 Å². The SMILES string of the molecule is CCCCC(CC)COC(=O)/C=C/C(=O)OCCCCCCCCCl. The highest BCUT2D eigenvalue weighted by atomic mass is 35.5. The first kappa shape index (κ1) is 24.0. The van der Waals surface area contributed by atoms with Gasteiger partial charge in [0, 0.05) is 18.0 Å². The fraction of sp³-hybridized carbons (Fsp3) is 0.800. The molecule has 0 aliphatic rings. The van der Waals surface area contributed by atoms with Gasteiger partial charge in [-0.3, -0.25) is 0 Å². The summed E-state index contributed by atoms with van der Waals surface area (Å²) in [5, 5.41) is 0. The van der Waals surface area contributed by atoms with Gasteiger partial charge >= 0.3 is 11.9 Å². The molecule has 0 aromatic heterocycles. The lowest BCUT2D eigenvalue weighted by molar-refractivity contribution is -0.141. The van der Waals surface area contributed by atoms with E-state index in [2.05, 4.69) is 13.8 Å². The Morgan fingerprint density at radius 2 is 1.48 bits per heavy atom. The molecule has 0 N–H and O–H groups in total. The number of rotatable bonds is 16. The van der Waals surface area contributed by atoms with E-state index >= 15 is 0 Å². The van der Waals surface area contributed by atoms with Crippen molar-refractivity contribution >= 4 is 23.5 Å². The molecule has 0 amide bonds. The Kier molecular flexibility index (Phi) is 17.0. The Morgan fingerprint density at radius 1 is 0.880 bits per heavy atom. The molecule has 0 radical (unpaired) electrons. The fourth-order valence-electron chi connectivity index (χ4n) is 2.41. The van der Waals surface area contributed by atoms with E-state index in [4.69, 9.17) is 21.1 Å². The van der Waals surface area contributed by atoms with Gasteiger partial charge in [-0.1, -0.05) is 58.8 Å². The van der Waals surface area contributed by atoms with Gasteiger partial charge in [-0.05, 0) is 25.2 Å². The molecule has 0 bridgehead atoms. The minimum absolute atomic E-state index is 0.392. The minimum atomic E-state index is -0.489. The number of hydrogen-bond acceptors (Lipinski definition) is 4. The van der Waals surface area contributed by atoms with Gasteiger partial charge in [0.1, 0.15) is 0 Å². The summed E-state index contributed by atoms with van der Waals surface area (Å²) in [6, 6.07) is 0. The van der Waals surface area contributed by atoms with Gasteiger partial charge in [0.15, 0.2) is 0 Å². The van der Waals surface area contributed by atoms with E-state index in [0.717, 1.165) is 75.8 Å². The Labute approximate surface area is 158 Å². The van der Waals surface area contributed by atoms with E-state index in [-0.39, 0.29) is 0 Å². The number of carbonyl (C=O) groups is 2. The Morgan fingerprint density at radius 3 is 2.08 bits per heavy atom. The van der Waals surface area contributed by atoms with E-state index < -0.39 is 11.9 Å². The van der Waals surface area contributed by atoms with Crippen molar-refractivity contribution in [2.24, 2.45) is 5.92 Å². The van der Waals surface area contributed by atoms with Crippen LogP contribution in [0.5, 0.6) is 0 Å². The molecule has 146 valence electrons. The van der Waals surface area contributed by atoms with Crippen molar-refractivity contribution in [3.8, 4) is 0 Å². The molecule has 0 heterocycles. The fourth-order valence-corrected chi connectivity index (χ4v) is 2.60. The molecule has 1 atom stereocenters. The summed E-state index contributed by atoms with van der Waals surface area (Å²) in [5.74, 6) is 0.154. The zero-order valence-corrected chi connectivity index (χ0v) is 16.7. The van der Waals surface area contributed by atoms with Crippen LogP contribution < -0.4 is 0 Å². The standard InChI is InChI=1S/C20H35ClO4/c1-3-5-12-18(4-2)17-25-20(23)14-13-19(22)24-16-11-9-7-6-8-10-15-21/h13-14,18H,3-12,15-17H2,1-2H3/b14-13+. The first-order valence-corrected chi connectivity index (χ1v) is 10.2. The monoisotopic (exact) mass is 374 g/mol. The molecule has 0 aromatic rings. The normalized spacial score (nSPS) is 12.3. The highest BCUT2D eigenvalue weighted by molar-refractivity contribution is 6.17. The predicted octanol–water partition coefficient (Wildman–Crippen LogP) is 5.42. The Balaban J connectivity index is 3.70. The van der Waals surface area contributed by atoms with Gasteiger partial charge in [0.25, 0.3) is 0 Å². The number of esters is 2. The molecule has 0 saturated carbocycles. The second-order valence-corrected chi connectivity index (χ2v) is 6.74. The molecular formula is C20H35ClO4. The van der Waals surface area contributed by atoms with E-state index in [9.17, 15) is 9.59 Å². The summed E-state index contributed by atoms with van der Waals surface area (Å²) >= 11 is 5.62. The van der Waals surface area contributed by atoms with Gasteiger partial charge in [0.2, 0.25) is 0 Å². The molecule has 0 saturated heterocycles. The third-order valence-corrected chi connectivity index (χ3v) is 4.40. The molecule has 0 aliphatic heterocycles. The maximum atomic E-state index is 11.6. The van der Waals surface area contributed by atoms with Gasteiger partial charge in [0.05, 0.1) is 13.2 Å². The van der Waals surface area contributed by atoms with Crippen LogP contribution in [0.15, 0.2) is 12.2 Å². The highest BCUT2D eigenvalue weighted by Crippen LogP contribution is 2.13. The van der Waals surface area contributed by atoms with Gasteiger partial charge in [-0.25, -0.2) is 9.59 Å². The van der Waals surface area contributed by atoms with Crippen molar-refractivity contribution < 1.29 is 19.1 Å². The Hall–Kier alpha value is -1.03. The zero-order valence-electron chi connectivity index (χ0n) is 15.9. The van der Waals surface area contributed by atoms with E-state index in [0.29, 0.717) is 19.1 Å². The van der Waals surface area contributed by atoms with Crippen molar-refractivity contribution in [2.45, 2.75) is 78.1 Å². The molecule has 0 aliphatic carbocycles. The van der Waals surface area contributed by atoms with Gasteiger partial charge < -0.3 is 9.47 Å². The molecular weight excluding hydrogens is 340 g/mol. The molecule has 0 spiro atoms. The lowest BCUT2D eigenvalue weighted by Gasteiger charge is -2.13. The second-order valence-electron chi connectivity index (χ2n) is 6.36. The first-order chi connectivity index (χ1) is 12.1. The average Bonchev–Trinajstić information content (AvgIpc) is 2.62. The molecule has 1 unspecified atom stereocenters. The number of hydrogen-bond donors (Lipinski definition) is 0. The second kappa shape index (κ2) is 17.8. The van der Waals surface area contributed by atoms with Gasteiger partial charge in [-0.15, -0.1) is 11.6 Å². The summed E-state index contributed by atoms with van der Waals surface area (Å²) < 4.78 is 10.3. The third kappa shape index (κ3) is 16.2. The smallest absolute Gasteiger partial charge is 0.331 e. The van der Waals surface area contributed by atoms with Crippen LogP contribution >= 0.6 is 11.6 Å². The van der Waals surface area contributed by atoms with Crippen molar-refractivity contribution in [2.75, 3.05) is 19.1 Å². The molecule has 0 rings (SSSR count). The number of unbranched alkanes of at least 4 members (excludes halogenated alkanes) is 6. The predicted molar refractivity (Wildman–Crippen MR) is 103 cm³/mol. The largest absolute Gasteiger partial charge is 0.463 e. The quantitative estimate of drug-likeness (QED) is 0.156. The van der Waals surface area contributed by atoms with Crippen LogP contribution in [-0.4, -0.2) is 31.0 Å². The van der Waals surface area contributed by atoms with Crippen LogP contribution in [0, 0.1) is 5.92 Å². The highest BCUT2D eigenvalue weighted by Gasteiger charge is 2.08. The average molecular weight is 375 g/mol. The van der Waals surface area contributed by atoms with Crippen LogP contribution in [0.4, 0.5) is 0 Å². The van der Waals surface area contributed by atoms with Crippen LogP contribution in [0.1, 0.15) is 78.1 Å². The summed E-state index contributed by atoms with van der Waals surface area (Å²) in [6.07, 6.45) is 13.1. The van der Waals surface area contributed by atoms with Gasteiger partial charge in [-0.2, -0.15) is 0 Å². The van der Waals surface area contributed by atoms with E-state index in [1.54, 1.807) is 0 Å². The van der Waals surface area contributed by atoms with Crippen molar-refractivity contribution in [3.05, 3.63) is 12.2 Å². The molecule has 0 aromatic carbocycles. The number of alkyl halides is 1. The van der Waals surface area contributed by atoms with E-state index in [1.165, 1.54) is 6.42 Å². The molecule has 25 heavy (non-hydrogen) atoms. The maximum Gasteiger partial charge on any atom is 0.331 e. The summed E-state index contributed by atoms with van der Waals surface area (Å²) in [4.78, 5) is 23.1. The van der Waals surface area contributed by atoms with Crippen LogP contribution in [0.2, 0.25) is 0 Å². The third-order valence-electron chi connectivity index (χ3n) is 4.13. The topological polar surface area (TPSA) is 52.6 Å². The van der Waals surface area contributed by atoms with E-state index in [1.807, 2.05) is 0 Å². The number of carbonyl (C=O) groups excluding carboxylic acids is 2. The molecule has 0 fully saturated rings. The number of ether oxygens (including phenoxy) is 2. The number of halogens is 1. The maximum absolute atomic E-state index is 11.6. The van der Waals surface area contributed by atoms with Crippen LogP contribution in [0.3, 0.4) is 0 Å². The molecule has 5 heteroatoms. The lowest BCUT2D eigenvalue weighted by Crippen LogP contribution is -2.12.